The van der Waals surface area contributed by atoms with Crippen LogP contribution in [0.2, 0.25) is 36.3 Å². The van der Waals surface area contributed by atoms with E-state index in [1.54, 1.807) is 20.8 Å². The molecule has 0 radical (unpaired) electrons. The summed E-state index contributed by atoms with van der Waals surface area (Å²) in [5, 5.41) is 38.5. The molecule has 11 atom stereocenters. The van der Waals surface area contributed by atoms with Gasteiger partial charge in [0, 0.05) is 64.4 Å². The fourth-order valence-electron chi connectivity index (χ4n) is 13.4. The molecule has 714 valence electrons. The van der Waals surface area contributed by atoms with Gasteiger partial charge in [-0.15, -0.1) is 0 Å². The van der Waals surface area contributed by atoms with E-state index in [9.17, 15) is 72.4 Å². The highest BCUT2D eigenvalue weighted by Crippen LogP contribution is 2.66. The first kappa shape index (κ1) is 111. The number of phosphoric ester groups is 1. The number of rotatable bonds is 30. The number of phosphoric acid groups is 3. The topological polar surface area (TPSA) is 450 Å². The molecule has 2 amide bonds. The molecule has 5 aromatic rings. The Morgan fingerprint density at radius 2 is 0.953 bits per heavy atom. The molecule has 5 aliphatic heterocycles. The number of benzene rings is 4. The lowest BCUT2D eigenvalue weighted by molar-refractivity contribution is -0.146. The van der Waals surface area contributed by atoms with Crippen LogP contribution in [-0.2, 0) is 108 Å². The van der Waals surface area contributed by atoms with Crippen LogP contribution in [0.5, 0.6) is 0 Å². The minimum atomic E-state index is -5.71. The van der Waals surface area contributed by atoms with Crippen LogP contribution in [-0.4, -0.2) is 193 Å². The van der Waals surface area contributed by atoms with E-state index in [0.717, 1.165) is 27.2 Å². The number of ketones is 2. The minimum Gasteiger partial charge on any atom is -0.443 e. The van der Waals surface area contributed by atoms with Crippen molar-refractivity contribution < 1.29 is 128 Å². The second-order valence-electron chi connectivity index (χ2n) is 36.9. The number of hydrogen-bond acceptors (Lipinski definition) is 25. The molecular formula is C88H131Br2N4O29P3Si2. The third kappa shape index (κ3) is 32.8. The van der Waals surface area contributed by atoms with Crippen LogP contribution in [0.25, 0.3) is 0 Å². The van der Waals surface area contributed by atoms with Crippen LogP contribution >= 0.6 is 55.3 Å². The van der Waals surface area contributed by atoms with Crippen molar-refractivity contribution in [2.45, 2.75) is 296 Å². The number of aliphatic hydroxyl groups excluding tert-OH is 4. The molecule has 0 bridgehead atoms. The van der Waals surface area contributed by atoms with Gasteiger partial charge < -0.3 is 77.3 Å². The monoisotopic (exact) mass is 2010 g/mol. The quantitative estimate of drug-likeness (QED) is 0.00916. The Kier molecular flexibility index (Phi) is 41.5. The molecule has 128 heavy (non-hydrogen) atoms. The molecule has 3 fully saturated rings. The van der Waals surface area contributed by atoms with Crippen LogP contribution in [0.15, 0.2) is 141 Å². The summed E-state index contributed by atoms with van der Waals surface area (Å²) in [5.74, 6) is 0.0257. The van der Waals surface area contributed by atoms with Crippen molar-refractivity contribution in [1.82, 2.24) is 18.9 Å². The summed E-state index contributed by atoms with van der Waals surface area (Å²) in [4.78, 5) is 127. The maximum Gasteiger partial charge on any atom is 0.490 e. The molecule has 33 nitrogen and oxygen atoms in total. The average Bonchev–Trinajstić information content (AvgIpc) is 1.50. The number of halogens is 2. The van der Waals surface area contributed by atoms with E-state index in [1.807, 2.05) is 80.6 Å². The van der Waals surface area contributed by atoms with Crippen LogP contribution in [0, 0.1) is 0 Å². The third-order valence-corrected chi connectivity index (χ3v) is 36.5. The molecule has 10 rings (SSSR count). The smallest absolute Gasteiger partial charge is 0.443 e. The Labute approximate surface area is 769 Å². The van der Waals surface area contributed by atoms with Gasteiger partial charge in [-0.3, -0.25) is 42.9 Å². The van der Waals surface area contributed by atoms with Crippen molar-refractivity contribution in [2.75, 3.05) is 33.0 Å². The minimum absolute atomic E-state index is 0.0193. The zero-order chi connectivity index (χ0) is 96.3. The summed E-state index contributed by atoms with van der Waals surface area (Å²) >= 11 is 6.81. The molecule has 0 aliphatic carbocycles. The van der Waals surface area contributed by atoms with Gasteiger partial charge in [0.05, 0.1) is 84.0 Å². The standard InChI is InChI=1S/C27H49BrN2O7Si2.C21H30NO15P3.C21H27NO6.C10H14O.C9H11Br/c1-25(2,3)36-24(33)30-22(31)18(15-28)16-29(23(30)32)21-14-19(37-39(12,13)27(7,8)9)20(35-21)17-34-38(10,11)26(4,5)6;1-13(2)16-6-4-3-5-14(16)10-33-11-15-9-22(20(25)7-17(15)23)21-8-18(24)19(35-21)12-34-39(29,30)37-40(31,32)36-38(26,27)28;1-13(2)16-6-4-3-5-14(16)11-27-12-15-9-22(20(26)7-17(15)24)21-8-18(25)19(10-23)28-21;1-8(2)10-6-4-3-5-9(10)7-11;1-7(2)8-5-3-4-6-9(8)10/h16,19-21H,14-15,17H2,1-13H3;3-6,9,13,18-19,21,24H,7-8,10-12H2,1-2H3,(H,29,30)(H,31,32)(H2,26,27,28);3-6,9,13,18-19,21,23,25H,7-8,10-12H2,1-2H3;3-6,8,11H,7H2,1-2H3;3-7H,1-2H3/t19-,20-,21-;2*18-,19-,21-;;/m111../s1. The first-order valence-corrected chi connectivity index (χ1v) is 54.5. The first-order chi connectivity index (χ1) is 59.2. The molecule has 5 aliphatic rings. The maximum atomic E-state index is 13.6. The van der Waals surface area contributed by atoms with Crippen LogP contribution in [0.4, 0.5) is 4.79 Å². The lowest BCUT2D eigenvalue weighted by atomic mass is 9.98. The van der Waals surface area contributed by atoms with E-state index in [4.69, 9.17) is 52.2 Å². The van der Waals surface area contributed by atoms with E-state index in [0.29, 0.717) is 47.5 Å². The Balaban J connectivity index is 0.000000267. The van der Waals surface area contributed by atoms with Crippen molar-refractivity contribution in [1.29, 1.82) is 0 Å². The fraction of sp³-hybridized carbons (Fsp3) is 0.580. The van der Waals surface area contributed by atoms with Crippen LogP contribution in [0.3, 0.4) is 0 Å². The van der Waals surface area contributed by atoms with E-state index < -0.39 is 137 Å². The molecule has 2 unspecified atom stereocenters. The lowest BCUT2D eigenvalue weighted by Gasteiger charge is -2.40. The largest absolute Gasteiger partial charge is 0.490 e. The van der Waals surface area contributed by atoms with Gasteiger partial charge in [-0.25, -0.2) is 23.3 Å². The molecule has 40 heteroatoms. The SMILES string of the molecule is CC(C)(C)OC(=O)n1c(=O)c(CBr)cn([C@H]2C[C@@H](O[Si](C)(C)C(C)(C)C)[C@@H](CO[Si](C)(C)C(C)(C)C)O2)c1=O.CC(C)c1ccccc1Br.CC(C)c1ccccc1CO.CC(C)c1ccccc1COCC1=CN([C@H]2C[C@@H](O)[C@@H](CO)O2)C(=O)CC1=O.CC(C)c1ccccc1COCC1=CN([C@H]2C[C@@H](O)[C@@H](COP(=O)(O)OP(=O)(O)OP(=O)(O)O)O2)C(=O)CC1=O. The fourth-order valence-corrected chi connectivity index (χ4v) is 19.9. The lowest BCUT2D eigenvalue weighted by Crippen LogP contribution is -2.48. The summed E-state index contributed by atoms with van der Waals surface area (Å²) in [7, 11) is -21.0. The number of ether oxygens (including phenoxy) is 6. The van der Waals surface area contributed by atoms with Gasteiger partial charge >= 0.3 is 35.3 Å². The molecule has 1 aromatic heterocycles. The Morgan fingerprint density at radius 3 is 1.35 bits per heavy atom. The Morgan fingerprint density at radius 1 is 0.531 bits per heavy atom. The number of Topliss-reactive ketones (excluding diaryl/α,β-unsaturated/α-hetero) is 2. The number of aliphatic hydroxyl groups is 4. The van der Waals surface area contributed by atoms with E-state index in [-0.39, 0.29) is 103 Å². The van der Waals surface area contributed by atoms with Crippen molar-refractivity contribution in [2.24, 2.45) is 0 Å². The maximum absolute atomic E-state index is 13.6. The zero-order valence-corrected chi connectivity index (χ0v) is 84.8. The number of alkyl halides is 1. The summed E-state index contributed by atoms with van der Waals surface area (Å²) < 4.78 is 96.7. The van der Waals surface area contributed by atoms with Gasteiger partial charge in [0.1, 0.15) is 42.6 Å². The molecular weight excluding hydrogens is 1890 g/mol. The van der Waals surface area contributed by atoms with Crippen molar-refractivity contribution in [3.05, 3.63) is 197 Å². The molecule has 4 aromatic carbocycles. The Hall–Kier alpha value is -5.85. The first-order valence-electron chi connectivity index (χ1n) is 42.3. The molecule has 8 N–H and O–H groups in total. The summed E-state index contributed by atoms with van der Waals surface area (Å²) in [6, 6.07) is 32.0. The van der Waals surface area contributed by atoms with E-state index in [1.165, 1.54) is 49.2 Å². The number of hydrogen-bond donors (Lipinski definition) is 8. The van der Waals surface area contributed by atoms with E-state index in [2.05, 4.69) is 185 Å². The van der Waals surface area contributed by atoms with Gasteiger partial charge in [-0.2, -0.15) is 13.2 Å². The van der Waals surface area contributed by atoms with Crippen molar-refractivity contribution in [3.63, 3.8) is 0 Å². The molecule has 3 saturated heterocycles. The van der Waals surface area contributed by atoms with Gasteiger partial charge in [-0.05, 0) is 126 Å². The second-order valence-corrected chi connectivity index (χ2v) is 52.3. The summed E-state index contributed by atoms with van der Waals surface area (Å²) in [5.41, 5.74) is 6.42. The van der Waals surface area contributed by atoms with Crippen LogP contribution in [0.1, 0.15) is 224 Å². The summed E-state index contributed by atoms with van der Waals surface area (Å²) in [6.07, 6.45) is -4.69. The highest BCUT2D eigenvalue weighted by Gasteiger charge is 2.49. The highest BCUT2D eigenvalue weighted by molar-refractivity contribution is 9.10. The Bertz CT molecular complexity index is 4940. The van der Waals surface area contributed by atoms with Gasteiger partial charge in [-0.1, -0.05) is 220 Å². The number of aromatic nitrogens is 2. The second kappa shape index (κ2) is 47.9. The average molecular weight is 2020 g/mol. The number of amides is 2. The third-order valence-electron chi connectivity index (χ3n) is 22.4. The molecule has 6 heterocycles. The van der Waals surface area contributed by atoms with Crippen molar-refractivity contribution >= 4 is 101 Å². The zero-order valence-electron chi connectivity index (χ0n) is 76.9. The molecule has 0 spiro atoms. The number of carbonyl (C=O) groups excluding carboxylic acids is 5. The van der Waals surface area contributed by atoms with Crippen molar-refractivity contribution in [3.8, 4) is 0 Å². The van der Waals surface area contributed by atoms with Crippen LogP contribution < -0.4 is 11.2 Å². The van der Waals surface area contributed by atoms with Gasteiger partial charge in [0.25, 0.3) is 5.56 Å². The normalized spacial score (nSPS) is 21.7. The van der Waals surface area contributed by atoms with Gasteiger partial charge in [0.2, 0.25) is 11.8 Å². The number of nitrogens with zero attached hydrogens (tertiary/aromatic N) is 4. The summed E-state index contributed by atoms with van der Waals surface area (Å²) in [6.45, 7) is 43.7. The van der Waals surface area contributed by atoms with Gasteiger partial charge in [0.15, 0.2) is 28.2 Å². The van der Waals surface area contributed by atoms with E-state index >= 15 is 0 Å². The predicted molar refractivity (Wildman–Crippen MR) is 493 cm³/mol. The highest BCUT2D eigenvalue weighted by atomic mass is 79.9. The number of carbonyl (C=O) groups is 5. The molecule has 0 saturated carbocycles. The predicted octanol–water partition coefficient (Wildman–Crippen LogP) is 15.6.